The van der Waals surface area contributed by atoms with E-state index in [1.165, 1.54) is 20.1 Å². The lowest BCUT2D eigenvalue weighted by Crippen LogP contribution is -2.48. The van der Waals surface area contributed by atoms with Gasteiger partial charge >= 0.3 is 12.1 Å². The maximum atomic E-state index is 14.0. The van der Waals surface area contributed by atoms with Crippen LogP contribution in [0, 0.1) is 11.8 Å². The number of methoxy groups -OCH3 is 1. The van der Waals surface area contributed by atoms with Gasteiger partial charge in [0, 0.05) is 19.4 Å². The maximum absolute atomic E-state index is 14.0. The van der Waals surface area contributed by atoms with Crippen LogP contribution in [0.3, 0.4) is 0 Å². The second kappa shape index (κ2) is 18.4. The van der Waals surface area contributed by atoms with Crippen molar-refractivity contribution in [3.63, 3.8) is 0 Å². The van der Waals surface area contributed by atoms with Gasteiger partial charge in [0.1, 0.15) is 24.7 Å². The molecule has 0 radical (unpaired) electrons. The Bertz CT molecular complexity index is 1360. The topological polar surface area (TPSA) is 128 Å². The number of carbonyl (C=O) groups excluding carboxylic acids is 3. The number of amides is 1. The summed E-state index contributed by atoms with van der Waals surface area (Å²) in [5.41, 5.74) is 3.24. The van der Waals surface area contributed by atoms with Crippen LogP contribution in [0.2, 0.25) is 0 Å². The molecule has 0 aliphatic rings. The molecular weight excluding hydrogens is 574 g/mol. The number of hydrogen-bond acceptors (Lipinski definition) is 7. The van der Waals surface area contributed by atoms with E-state index in [1.54, 1.807) is 31.2 Å². The predicted molar refractivity (Wildman–Crippen MR) is 172 cm³/mol. The average Bonchev–Trinajstić information content (AvgIpc) is 3.00. The molecule has 0 saturated heterocycles. The molecule has 0 aromatic heterocycles. The molecule has 2 aromatic rings. The molecule has 0 saturated carbocycles. The van der Waals surface area contributed by atoms with Crippen LogP contribution in [0.25, 0.3) is 0 Å². The van der Waals surface area contributed by atoms with Crippen LogP contribution in [-0.4, -0.2) is 54.1 Å². The molecule has 9 heteroatoms. The van der Waals surface area contributed by atoms with Gasteiger partial charge in [-0.1, -0.05) is 74.5 Å². The zero-order valence-electron chi connectivity index (χ0n) is 26.8. The molecule has 0 heterocycles. The van der Waals surface area contributed by atoms with Gasteiger partial charge in [0.2, 0.25) is 0 Å². The number of allylic oxidation sites excluding steroid dienone is 1. The molecule has 45 heavy (non-hydrogen) atoms. The SMILES string of the molecule is C=C=C(CC(COc1ccccc1)(OC)C(=O)/C=C(\C)C[C@@H](CC(=O)O)C(C)=O)C(CC(C)C)NC(=O)OCc1ccccc1. The summed E-state index contributed by atoms with van der Waals surface area (Å²) < 4.78 is 17.4. The van der Waals surface area contributed by atoms with Crippen molar-refractivity contribution in [3.8, 4) is 5.75 Å². The first kappa shape index (κ1) is 36.7. The predicted octanol–water partition coefficient (Wildman–Crippen LogP) is 6.48. The van der Waals surface area contributed by atoms with Gasteiger partial charge in [0.05, 0.1) is 12.5 Å². The Morgan fingerprint density at radius 2 is 1.62 bits per heavy atom. The number of nitrogens with one attached hydrogen (secondary N) is 1. The van der Waals surface area contributed by atoms with E-state index in [9.17, 15) is 24.3 Å². The lowest BCUT2D eigenvalue weighted by Gasteiger charge is -2.33. The van der Waals surface area contributed by atoms with E-state index in [1.807, 2.05) is 50.2 Å². The minimum Gasteiger partial charge on any atom is -0.490 e. The van der Waals surface area contributed by atoms with Crippen molar-refractivity contribution >= 4 is 23.6 Å². The molecule has 2 N–H and O–H groups in total. The monoisotopic (exact) mass is 619 g/mol. The first-order valence-corrected chi connectivity index (χ1v) is 14.9. The van der Waals surface area contributed by atoms with Crippen molar-refractivity contribution in [2.24, 2.45) is 11.8 Å². The Balaban J connectivity index is 2.39. The minimum absolute atomic E-state index is 0.0237. The fourth-order valence-electron chi connectivity index (χ4n) is 4.81. The second-order valence-electron chi connectivity index (χ2n) is 11.5. The molecule has 9 nitrogen and oxygen atoms in total. The first-order chi connectivity index (χ1) is 21.4. The molecule has 2 rings (SSSR count). The Kier molecular flexibility index (Phi) is 15.0. The summed E-state index contributed by atoms with van der Waals surface area (Å²) >= 11 is 0. The van der Waals surface area contributed by atoms with Gasteiger partial charge in [-0.25, -0.2) is 4.79 Å². The third-order valence-corrected chi connectivity index (χ3v) is 7.33. The van der Waals surface area contributed by atoms with Gasteiger partial charge in [-0.2, -0.15) is 0 Å². The van der Waals surface area contributed by atoms with E-state index in [0.717, 1.165) is 5.56 Å². The Labute approximate surface area is 266 Å². The summed E-state index contributed by atoms with van der Waals surface area (Å²) in [5.74, 6) is -1.91. The lowest BCUT2D eigenvalue weighted by atomic mass is 9.84. The number of carbonyl (C=O) groups is 4. The number of carboxylic acid groups (broad SMARTS) is 1. The molecular formula is C36H45NO8. The largest absolute Gasteiger partial charge is 0.490 e. The van der Waals surface area contributed by atoms with E-state index in [4.69, 9.17) is 14.2 Å². The standard InChI is InChI=1S/C36H45NO8/c1-7-29(32(18-25(2)3)37-35(42)44-23-28-14-10-8-11-15-28)22-36(43-6,24-45-31-16-12-9-13-17-31)33(39)20-26(4)19-30(27(5)38)21-34(40)41/h8-17,20,25,30,32H,1,18-19,21-24H2,2-6H3,(H,37,42)(H,40,41)/b26-20+/t30-,32?,36?/m0/s1. The number of rotatable bonds is 19. The normalized spacial score (nSPS) is 14.0. The van der Waals surface area contributed by atoms with Crippen molar-refractivity contribution in [1.82, 2.24) is 5.32 Å². The molecule has 1 amide bonds. The minimum atomic E-state index is -1.57. The zero-order chi connectivity index (χ0) is 33.4. The highest BCUT2D eigenvalue weighted by Gasteiger charge is 2.41. The van der Waals surface area contributed by atoms with E-state index in [2.05, 4.69) is 17.6 Å². The lowest BCUT2D eigenvalue weighted by molar-refractivity contribution is -0.140. The molecule has 0 aliphatic heterocycles. The van der Waals surface area contributed by atoms with Gasteiger partial charge in [0.25, 0.3) is 0 Å². The van der Waals surface area contributed by atoms with Gasteiger partial charge < -0.3 is 24.6 Å². The highest BCUT2D eigenvalue weighted by atomic mass is 16.5. The number of para-hydroxylation sites is 1. The third kappa shape index (κ3) is 12.6. The van der Waals surface area contributed by atoms with Crippen LogP contribution < -0.4 is 10.1 Å². The molecule has 2 aromatic carbocycles. The number of Topliss-reactive ketones (excluding diaryl/α,β-unsaturated/α-hetero) is 1. The Morgan fingerprint density at radius 3 is 2.16 bits per heavy atom. The summed E-state index contributed by atoms with van der Waals surface area (Å²) in [7, 11) is 1.40. The van der Waals surface area contributed by atoms with Crippen LogP contribution in [-0.2, 0) is 30.5 Å². The number of ether oxygens (including phenoxy) is 3. The van der Waals surface area contributed by atoms with E-state index >= 15 is 0 Å². The summed E-state index contributed by atoms with van der Waals surface area (Å²) in [5, 5.41) is 12.1. The molecule has 0 bridgehead atoms. The summed E-state index contributed by atoms with van der Waals surface area (Å²) in [4.78, 5) is 50.3. The van der Waals surface area contributed by atoms with Crippen LogP contribution >= 0.6 is 0 Å². The summed E-state index contributed by atoms with van der Waals surface area (Å²) in [6.07, 6.45) is 0.988. The molecule has 3 atom stereocenters. The van der Waals surface area contributed by atoms with Gasteiger partial charge in [0.15, 0.2) is 11.4 Å². The molecule has 0 fully saturated rings. The van der Waals surface area contributed by atoms with Crippen LogP contribution in [0.15, 0.2) is 90.2 Å². The van der Waals surface area contributed by atoms with E-state index in [-0.39, 0.29) is 44.2 Å². The maximum Gasteiger partial charge on any atom is 0.407 e. The number of alkyl carbamates (subject to hydrolysis) is 1. The Hall–Kier alpha value is -4.46. The quantitative estimate of drug-likeness (QED) is 0.135. The highest BCUT2D eigenvalue weighted by molar-refractivity contribution is 5.98. The van der Waals surface area contributed by atoms with Gasteiger partial charge in [-0.05, 0) is 62.0 Å². The number of hydrogen-bond donors (Lipinski definition) is 2. The third-order valence-electron chi connectivity index (χ3n) is 7.33. The zero-order valence-corrected chi connectivity index (χ0v) is 26.8. The van der Waals surface area contributed by atoms with Crippen molar-refractivity contribution in [2.75, 3.05) is 13.7 Å². The van der Waals surface area contributed by atoms with Crippen molar-refractivity contribution in [1.29, 1.82) is 0 Å². The van der Waals surface area contributed by atoms with E-state index < -0.39 is 35.4 Å². The average molecular weight is 620 g/mol. The molecule has 0 aliphatic carbocycles. The smallest absolute Gasteiger partial charge is 0.407 e. The van der Waals surface area contributed by atoms with Crippen LogP contribution in [0.4, 0.5) is 4.79 Å². The number of benzene rings is 2. The number of carboxylic acids is 1. The Morgan fingerprint density at radius 1 is 1.00 bits per heavy atom. The fraction of sp³-hybridized carbons (Fsp3) is 0.417. The van der Waals surface area contributed by atoms with Gasteiger partial charge in [-0.15, -0.1) is 5.73 Å². The molecule has 242 valence electrons. The van der Waals surface area contributed by atoms with Crippen molar-refractivity contribution in [2.45, 2.75) is 71.6 Å². The number of ketones is 2. The van der Waals surface area contributed by atoms with Gasteiger partial charge in [-0.3, -0.25) is 14.4 Å². The van der Waals surface area contributed by atoms with Crippen LogP contribution in [0.1, 0.15) is 58.9 Å². The van der Waals surface area contributed by atoms with Crippen molar-refractivity contribution in [3.05, 3.63) is 95.8 Å². The fourth-order valence-corrected chi connectivity index (χ4v) is 4.81. The summed E-state index contributed by atoms with van der Waals surface area (Å²) in [6.45, 7) is 10.8. The molecule has 0 spiro atoms. The summed E-state index contributed by atoms with van der Waals surface area (Å²) in [6, 6.07) is 17.7. The molecule has 2 unspecified atom stereocenters. The van der Waals surface area contributed by atoms with Crippen molar-refractivity contribution < 1.29 is 38.5 Å². The van der Waals surface area contributed by atoms with E-state index in [0.29, 0.717) is 23.3 Å². The number of aliphatic carboxylic acids is 1. The second-order valence-corrected chi connectivity index (χ2v) is 11.5. The van der Waals surface area contributed by atoms with Crippen LogP contribution in [0.5, 0.6) is 5.75 Å². The highest BCUT2D eigenvalue weighted by Crippen LogP contribution is 2.29. The first-order valence-electron chi connectivity index (χ1n) is 14.9.